The summed E-state index contributed by atoms with van der Waals surface area (Å²) in [6.07, 6.45) is 5.38. The van der Waals surface area contributed by atoms with Crippen molar-refractivity contribution in [1.29, 1.82) is 0 Å². The molecule has 4 rings (SSSR count). The van der Waals surface area contributed by atoms with Crippen LogP contribution >= 0.6 is 0 Å². The number of aromatic amines is 1. The number of aromatic nitrogens is 2. The number of nitrogens with zero attached hydrogens (tertiary/aromatic N) is 1. The van der Waals surface area contributed by atoms with E-state index in [4.69, 9.17) is 0 Å². The Bertz CT molecular complexity index is 1250. The fourth-order valence-corrected chi connectivity index (χ4v) is 4.23. The third-order valence-electron chi connectivity index (χ3n) is 4.65. The van der Waals surface area contributed by atoms with Gasteiger partial charge in [-0.15, -0.1) is 0 Å². The highest BCUT2D eigenvalue weighted by molar-refractivity contribution is 7.90. The molecule has 2 aromatic heterocycles. The molecule has 2 heterocycles. The molecule has 0 aliphatic heterocycles. The Morgan fingerprint density at radius 2 is 1.86 bits per heavy atom. The summed E-state index contributed by atoms with van der Waals surface area (Å²) >= 11 is 0. The van der Waals surface area contributed by atoms with E-state index in [0.29, 0.717) is 5.69 Å². The molecule has 1 amide bonds. The molecule has 2 aromatic carbocycles. The van der Waals surface area contributed by atoms with Gasteiger partial charge in [0.05, 0.1) is 10.5 Å². The molecule has 0 unspecified atom stereocenters. The Morgan fingerprint density at radius 1 is 1.07 bits per heavy atom. The van der Waals surface area contributed by atoms with Gasteiger partial charge < -0.3 is 10.3 Å². The van der Waals surface area contributed by atoms with Crippen LogP contribution < -0.4 is 5.32 Å². The smallest absolute Gasteiger partial charge is 0.267 e. The first kappa shape index (κ1) is 18.1. The van der Waals surface area contributed by atoms with E-state index in [-0.39, 0.29) is 16.4 Å². The van der Waals surface area contributed by atoms with Crippen molar-refractivity contribution in [2.75, 3.05) is 5.32 Å². The third kappa shape index (κ3) is 3.32. The first-order valence-electron chi connectivity index (χ1n) is 8.88. The lowest BCUT2D eigenvalue weighted by molar-refractivity contribution is 0.102. The highest BCUT2D eigenvalue weighted by Crippen LogP contribution is 2.21. The average Bonchev–Trinajstić information content (AvgIpc) is 3.38. The molecule has 4 aromatic rings. The molecule has 0 aliphatic carbocycles. The highest BCUT2D eigenvalue weighted by atomic mass is 32.2. The molecule has 0 radical (unpaired) electrons. The number of nitrogens with one attached hydrogen (secondary N) is 2. The minimum absolute atomic E-state index is 0.164. The molecular formula is C21H19N3O3S. The molecule has 0 fully saturated rings. The normalized spacial score (nSPS) is 11.6. The van der Waals surface area contributed by atoms with Gasteiger partial charge in [-0.1, -0.05) is 19.1 Å². The van der Waals surface area contributed by atoms with Crippen LogP contribution in [0.1, 0.15) is 22.8 Å². The van der Waals surface area contributed by atoms with Crippen molar-refractivity contribution < 1.29 is 13.2 Å². The number of carbonyl (C=O) groups excluding carboxylic acids is 1. The summed E-state index contributed by atoms with van der Waals surface area (Å²) in [7, 11) is -3.78. The molecule has 2 N–H and O–H groups in total. The standard InChI is InChI=1S/C21H19N3O3S/c1-2-15-3-5-18(6-4-15)23-21(25)17-10-12-24(14-17)28(26,27)19-7-8-20-16(13-19)9-11-22-20/h3-14,22H,2H2,1H3,(H,23,25). The van der Waals surface area contributed by atoms with Gasteiger partial charge in [-0.05, 0) is 54.4 Å². The molecule has 28 heavy (non-hydrogen) atoms. The van der Waals surface area contributed by atoms with E-state index in [1.807, 2.05) is 30.3 Å². The minimum Gasteiger partial charge on any atom is -0.361 e. The molecule has 0 spiro atoms. The van der Waals surface area contributed by atoms with Crippen LogP contribution in [0.3, 0.4) is 0 Å². The Kier molecular flexibility index (Phi) is 4.52. The zero-order valence-electron chi connectivity index (χ0n) is 15.2. The second-order valence-electron chi connectivity index (χ2n) is 6.47. The van der Waals surface area contributed by atoms with Crippen LogP contribution in [0, 0.1) is 0 Å². The van der Waals surface area contributed by atoms with Crippen molar-refractivity contribution in [2.45, 2.75) is 18.2 Å². The monoisotopic (exact) mass is 393 g/mol. The van der Waals surface area contributed by atoms with Crippen LogP contribution in [0.15, 0.2) is 78.1 Å². The maximum absolute atomic E-state index is 12.9. The summed E-state index contributed by atoms with van der Waals surface area (Å²) in [6.45, 7) is 2.06. The van der Waals surface area contributed by atoms with Crippen LogP contribution in [-0.4, -0.2) is 23.3 Å². The summed E-state index contributed by atoms with van der Waals surface area (Å²) in [6, 6.07) is 15.7. The molecule has 7 heteroatoms. The maximum Gasteiger partial charge on any atom is 0.267 e. The first-order valence-corrected chi connectivity index (χ1v) is 10.3. The quantitative estimate of drug-likeness (QED) is 0.537. The Labute approximate surface area is 162 Å². The van der Waals surface area contributed by atoms with E-state index in [2.05, 4.69) is 17.2 Å². The molecular weight excluding hydrogens is 374 g/mol. The van der Waals surface area contributed by atoms with Crippen LogP contribution in [0.2, 0.25) is 0 Å². The number of H-pyrrole nitrogens is 1. The zero-order chi connectivity index (χ0) is 19.7. The van der Waals surface area contributed by atoms with Gasteiger partial charge in [-0.25, -0.2) is 12.4 Å². The van der Waals surface area contributed by atoms with E-state index in [1.54, 1.807) is 24.4 Å². The predicted octanol–water partition coefficient (Wildman–Crippen LogP) is 4.02. The Balaban J connectivity index is 1.57. The van der Waals surface area contributed by atoms with Gasteiger partial charge in [0.1, 0.15) is 0 Å². The minimum atomic E-state index is -3.78. The van der Waals surface area contributed by atoms with Gasteiger partial charge in [-0.3, -0.25) is 4.79 Å². The lowest BCUT2D eigenvalue weighted by atomic mass is 10.1. The summed E-state index contributed by atoms with van der Waals surface area (Å²) in [5, 5.41) is 3.59. The van der Waals surface area contributed by atoms with Crippen molar-refractivity contribution in [3.8, 4) is 0 Å². The van der Waals surface area contributed by atoms with Crippen LogP contribution in [0.5, 0.6) is 0 Å². The lowest BCUT2D eigenvalue weighted by Crippen LogP contribution is -2.13. The van der Waals surface area contributed by atoms with Crippen molar-refractivity contribution in [3.05, 3.63) is 84.3 Å². The number of hydrogen-bond acceptors (Lipinski definition) is 3. The van der Waals surface area contributed by atoms with E-state index in [0.717, 1.165) is 21.3 Å². The SMILES string of the molecule is CCc1ccc(NC(=O)c2ccn(S(=O)(=O)c3ccc4[nH]ccc4c3)c2)cc1. The molecule has 0 aliphatic rings. The number of amides is 1. The summed E-state index contributed by atoms with van der Waals surface area (Å²) < 4.78 is 26.8. The average molecular weight is 393 g/mol. The molecule has 0 bridgehead atoms. The topological polar surface area (TPSA) is 84.0 Å². The van der Waals surface area contributed by atoms with Gasteiger partial charge in [-0.2, -0.15) is 0 Å². The van der Waals surface area contributed by atoms with Gasteiger partial charge in [0, 0.05) is 35.2 Å². The van der Waals surface area contributed by atoms with Crippen molar-refractivity contribution in [2.24, 2.45) is 0 Å². The van der Waals surface area contributed by atoms with E-state index in [9.17, 15) is 13.2 Å². The largest absolute Gasteiger partial charge is 0.361 e. The highest BCUT2D eigenvalue weighted by Gasteiger charge is 2.19. The zero-order valence-corrected chi connectivity index (χ0v) is 16.0. The third-order valence-corrected chi connectivity index (χ3v) is 6.28. The fraction of sp³-hybridized carbons (Fsp3) is 0.0952. The van der Waals surface area contributed by atoms with Gasteiger partial charge in [0.15, 0.2) is 0 Å². The predicted molar refractivity (Wildman–Crippen MR) is 109 cm³/mol. The van der Waals surface area contributed by atoms with Gasteiger partial charge in [0.25, 0.3) is 15.9 Å². The molecule has 0 saturated heterocycles. The Morgan fingerprint density at radius 3 is 2.61 bits per heavy atom. The van der Waals surface area contributed by atoms with Crippen LogP contribution in [0.25, 0.3) is 10.9 Å². The lowest BCUT2D eigenvalue weighted by Gasteiger charge is -2.06. The van der Waals surface area contributed by atoms with E-state index >= 15 is 0 Å². The summed E-state index contributed by atoms with van der Waals surface area (Å²) in [5.41, 5.74) is 2.97. The molecule has 142 valence electrons. The maximum atomic E-state index is 12.9. The van der Waals surface area contributed by atoms with Crippen molar-refractivity contribution >= 4 is 32.5 Å². The molecule has 6 nitrogen and oxygen atoms in total. The van der Waals surface area contributed by atoms with Crippen molar-refractivity contribution in [3.63, 3.8) is 0 Å². The number of hydrogen-bond donors (Lipinski definition) is 2. The number of carbonyl (C=O) groups is 1. The number of benzene rings is 2. The van der Waals surface area contributed by atoms with Crippen LogP contribution in [0.4, 0.5) is 5.69 Å². The molecule has 0 saturated carbocycles. The number of aryl methyl sites for hydroxylation is 1. The number of rotatable bonds is 5. The van der Waals surface area contributed by atoms with Gasteiger partial charge >= 0.3 is 0 Å². The van der Waals surface area contributed by atoms with E-state index < -0.39 is 10.0 Å². The van der Waals surface area contributed by atoms with Crippen molar-refractivity contribution in [1.82, 2.24) is 8.96 Å². The second kappa shape index (κ2) is 7.01. The van der Waals surface area contributed by atoms with Crippen LogP contribution in [-0.2, 0) is 16.4 Å². The number of anilines is 1. The van der Waals surface area contributed by atoms with Gasteiger partial charge in [0.2, 0.25) is 0 Å². The fourth-order valence-electron chi connectivity index (χ4n) is 3.00. The van der Waals surface area contributed by atoms with E-state index in [1.165, 1.54) is 24.0 Å². The molecule has 0 atom stereocenters. The second-order valence-corrected chi connectivity index (χ2v) is 8.31. The Hall–Kier alpha value is -3.32. The summed E-state index contributed by atoms with van der Waals surface area (Å²) in [5.74, 6) is -0.362. The number of fused-ring (bicyclic) bond motifs is 1. The summed E-state index contributed by atoms with van der Waals surface area (Å²) in [4.78, 5) is 15.7. The first-order chi connectivity index (χ1) is 13.5.